The summed E-state index contributed by atoms with van der Waals surface area (Å²) >= 11 is 0. The number of nitrogens with zero attached hydrogens (tertiary/aromatic N) is 4. The van der Waals surface area contributed by atoms with Crippen molar-refractivity contribution in [3.63, 3.8) is 0 Å². The largest absolute Gasteiger partial charge is 0.369 e. The average molecular weight is 339 g/mol. The Balaban J connectivity index is 1.58. The number of amides is 1. The third kappa shape index (κ3) is 4.07. The lowest BCUT2D eigenvalue weighted by atomic mass is 10.1. The van der Waals surface area contributed by atoms with Gasteiger partial charge in [-0.1, -0.05) is 19.1 Å². The summed E-state index contributed by atoms with van der Waals surface area (Å²) in [6.07, 6.45) is 0.987. The molecule has 0 atom stereocenters. The number of piperazine rings is 1. The van der Waals surface area contributed by atoms with Crippen LogP contribution < -0.4 is 10.2 Å². The fourth-order valence-corrected chi connectivity index (χ4v) is 2.97. The van der Waals surface area contributed by atoms with Crippen molar-refractivity contribution in [2.24, 2.45) is 0 Å². The maximum absolute atomic E-state index is 12.6. The molecule has 1 N–H and O–H groups in total. The van der Waals surface area contributed by atoms with Crippen molar-refractivity contribution in [2.75, 3.05) is 42.9 Å². The fourth-order valence-electron chi connectivity index (χ4n) is 2.97. The van der Waals surface area contributed by atoms with Crippen LogP contribution in [0.2, 0.25) is 0 Å². The molecule has 6 heteroatoms. The van der Waals surface area contributed by atoms with Crippen LogP contribution >= 0.6 is 0 Å². The van der Waals surface area contributed by atoms with Crippen LogP contribution in [0.3, 0.4) is 0 Å². The SMILES string of the molecule is CCNc1ccc(N2CCN(C(=O)c3ccc(CC)cc3)CC2)nn1. The van der Waals surface area contributed by atoms with Gasteiger partial charge in [0.25, 0.3) is 5.91 Å². The molecule has 0 saturated carbocycles. The molecule has 1 amide bonds. The van der Waals surface area contributed by atoms with Gasteiger partial charge in [0.1, 0.15) is 5.82 Å². The number of hydrogen-bond donors (Lipinski definition) is 1. The van der Waals surface area contributed by atoms with E-state index in [0.29, 0.717) is 13.1 Å². The molecule has 2 aromatic rings. The van der Waals surface area contributed by atoms with Crippen molar-refractivity contribution in [3.05, 3.63) is 47.5 Å². The second-order valence-corrected chi connectivity index (χ2v) is 6.14. The van der Waals surface area contributed by atoms with Gasteiger partial charge in [-0.3, -0.25) is 4.79 Å². The molecule has 0 unspecified atom stereocenters. The molecule has 1 fully saturated rings. The monoisotopic (exact) mass is 339 g/mol. The topological polar surface area (TPSA) is 61.4 Å². The lowest BCUT2D eigenvalue weighted by Gasteiger charge is -2.35. The minimum atomic E-state index is 0.107. The van der Waals surface area contributed by atoms with Gasteiger partial charge in [-0.15, -0.1) is 10.2 Å². The van der Waals surface area contributed by atoms with E-state index >= 15 is 0 Å². The van der Waals surface area contributed by atoms with Gasteiger partial charge in [0, 0.05) is 38.3 Å². The van der Waals surface area contributed by atoms with Crippen LogP contribution in [0.5, 0.6) is 0 Å². The van der Waals surface area contributed by atoms with E-state index in [1.165, 1.54) is 5.56 Å². The third-order valence-electron chi connectivity index (χ3n) is 4.51. The Kier molecular flexibility index (Phi) is 5.48. The molecule has 3 rings (SSSR count). The number of anilines is 2. The molecule has 132 valence electrons. The highest BCUT2D eigenvalue weighted by Gasteiger charge is 2.23. The molecule has 0 radical (unpaired) electrons. The number of rotatable bonds is 5. The molecule has 6 nitrogen and oxygen atoms in total. The third-order valence-corrected chi connectivity index (χ3v) is 4.51. The van der Waals surface area contributed by atoms with E-state index in [4.69, 9.17) is 0 Å². The minimum Gasteiger partial charge on any atom is -0.369 e. The zero-order chi connectivity index (χ0) is 17.6. The molecule has 1 aliphatic heterocycles. The summed E-state index contributed by atoms with van der Waals surface area (Å²) < 4.78 is 0. The highest BCUT2D eigenvalue weighted by atomic mass is 16.2. The van der Waals surface area contributed by atoms with Crippen LogP contribution in [-0.4, -0.2) is 53.7 Å². The van der Waals surface area contributed by atoms with Crippen molar-refractivity contribution in [3.8, 4) is 0 Å². The molecule has 25 heavy (non-hydrogen) atoms. The highest BCUT2D eigenvalue weighted by Crippen LogP contribution is 2.16. The lowest BCUT2D eigenvalue weighted by molar-refractivity contribution is 0.0746. The predicted octanol–water partition coefficient (Wildman–Crippen LogP) is 2.43. The number of hydrogen-bond acceptors (Lipinski definition) is 5. The van der Waals surface area contributed by atoms with Crippen LogP contribution in [0.1, 0.15) is 29.8 Å². The first-order valence-electron chi connectivity index (χ1n) is 8.92. The molecule has 1 aromatic carbocycles. The second kappa shape index (κ2) is 7.96. The quantitative estimate of drug-likeness (QED) is 0.906. The summed E-state index contributed by atoms with van der Waals surface area (Å²) in [7, 11) is 0. The lowest BCUT2D eigenvalue weighted by Crippen LogP contribution is -2.49. The van der Waals surface area contributed by atoms with E-state index < -0.39 is 0 Å². The average Bonchev–Trinajstić information content (AvgIpc) is 2.68. The molecule has 1 aromatic heterocycles. The molecule has 1 aliphatic rings. The smallest absolute Gasteiger partial charge is 0.253 e. The zero-order valence-electron chi connectivity index (χ0n) is 14.9. The number of nitrogens with one attached hydrogen (secondary N) is 1. The Morgan fingerprint density at radius 3 is 2.28 bits per heavy atom. The van der Waals surface area contributed by atoms with E-state index in [1.54, 1.807) is 0 Å². The standard InChI is InChI=1S/C19H25N5O/c1-3-15-5-7-16(8-6-15)19(25)24-13-11-23(12-14-24)18-10-9-17(20-4-2)21-22-18/h5-10H,3-4,11-14H2,1-2H3,(H,20,21). The normalized spacial score (nSPS) is 14.5. The molecule has 0 aliphatic carbocycles. The molecule has 2 heterocycles. The first-order chi connectivity index (χ1) is 12.2. The summed E-state index contributed by atoms with van der Waals surface area (Å²) in [4.78, 5) is 16.7. The van der Waals surface area contributed by atoms with E-state index in [1.807, 2.05) is 48.2 Å². The van der Waals surface area contributed by atoms with E-state index in [9.17, 15) is 4.79 Å². The van der Waals surface area contributed by atoms with Crippen LogP contribution in [0.4, 0.5) is 11.6 Å². The summed E-state index contributed by atoms with van der Waals surface area (Å²) in [6, 6.07) is 11.8. The maximum Gasteiger partial charge on any atom is 0.253 e. The number of aromatic nitrogens is 2. The van der Waals surface area contributed by atoms with Gasteiger partial charge in [-0.05, 0) is 43.2 Å². The van der Waals surface area contributed by atoms with Gasteiger partial charge < -0.3 is 15.1 Å². The van der Waals surface area contributed by atoms with E-state index in [0.717, 1.165) is 43.3 Å². The minimum absolute atomic E-state index is 0.107. The van der Waals surface area contributed by atoms with Gasteiger partial charge in [-0.25, -0.2) is 0 Å². The number of aryl methyl sites for hydroxylation is 1. The molecule has 1 saturated heterocycles. The Hall–Kier alpha value is -2.63. The maximum atomic E-state index is 12.6. The van der Waals surface area contributed by atoms with Crippen LogP contribution in [-0.2, 0) is 6.42 Å². The van der Waals surface area contributed by atoms with Crippen LogP contribution in [0.15, 0.2) is 36.4 Å². The number of benzene rings is 1. The Bertz CT molecular complexity index is 691. The van der Waals surface area contributed by atoms with Gasteiger partial charge >= 0.3 is 0 Å². The Morgan fingerprint density at radius 1 is 1.00 bits per heavy atom. The summed E-state index contributed by atoms with van der Waals surface area (Å²) in [5.74, 6) is 1.76. The van der Waals surface area contributed by atoms with Crippen molar-refractivity contribution in [1.29, 1.82) is 0 Å². The van der Waals surface area contributed by atoms with Crippen molar-refractivity contribution < 1.29 is 4.79 Å². The van der Waals surface area contributed by atoms with Gasteiger partial charge in [0.05, 0.1) is 0 Å². The zero-order valence-corrected chi connectivity index (χ0v) is 14.9. The first kappa shape index (κ1) is 17.2. The summed E-state index contributed by atoms with van der Waals surface area (Å²) in [5.41, 5.74) is 2.02. The van der Waals surface area contributed by atoms with Crippen LogP contribution in [0.25, 0.3) is 0 Å². The van der Waals surface area contributed by atoms with Crippen molar-refractivity contribution in [1.82, 2.24) is 15.1 Å². The highest BCUT2D eigenvalue weighted by molar-refractivity contribution is 5.94. The summed E-state index contributed by atoms with van der Waals surface area (Å²) in [6.45, 7) is 7.91. The van der Waals surface area contributed by atoms with Crippen molar-refractivity contribution >= 4 is 17.5 Å². The van der Waals surface area contributed by atoms with E-state index in [2.05, 4.69) is 27.3 Å². The van der Waals surface area contributed by atoms with Gasteiger partial charge in [0.15, 0.2) is 5.82 Å². The number of carbonyl (C=O) groups is 1. The summed E-state index contributed by atoms with van der Waals surface area (Å²) in [5, 5.41) is 11.6. The van der Waals surface area contributed by atoms with Crippen LogP contribution in [0, 0.1) is 0 Å². The van der Waals surface area contributed by atoms with Gasteiger partial charge in [-0.2, -0.15) is 0 Å². The molecular formula is C19H25N5O. The second-order valence-electron chi connectivity index (χ2n) is 6.14. The fraction of sp³-hybridized carbons (Fsp3) is 0.421. The Labute approximate surface area is 148 Å². The Morgan fingerprint density at radius 2 is 1.72 bits per heavy atom. The molecular weight excluding hydrogens is 314 g/mol. The van der Waals surface area contributed by atoms with E-state index in [-0.39, 0.29) is 5.91 Å². The first-order valence-corrected chi connectivity index (χ1v) is 8.92. The molecule has 0 bridgehead atoms. The molecule has 0 spiro atoms. The van der Waals surface area contributed by atoms with Crippen molar-refractivity contribution in [2.45, 2.75) is 20.3 Å². The predicted molar refractivity (Wildman–Crippen MR) is 100 cm³/mol. The van der Waals surface area contributed by atoms with Gasteiger partial charge in [0.2, 0.25) is 0 Å². The number of carbonyl (C=O) groups excluding carboxylic acids is 1.